The van der Waals surface area contributed by atoms with E-state index in [1.807, 2.05) is 36.4 Å². The molecule has 0 aromatic heterocycles. The predicted octanol–water partition coefficient (Wildman–Crippen LogP) is 2.49. The molecule has 0 heterocycles. The van der Waals surface area contributed by atoms with E-state index in [1.54, 1.807) is 12.1 Å². The van der Waals surface area contributed by atoms with E-state index in [2.05, 4.69) is 10.6 Å². The molecule has 2 N–H and O–H groups in total. The molecular formula is C14H12N2O2. The third-order valence-corrected chi connectivity index (χ3v) is 2.57. The molecule has 2 aromatic carbocycles. The first-order valence-electron chi connectivity index (χ1n) is 5.45. The third-order valence-electron chi connectivity index (χ3n) is 2.57. The van der Waals surface area contributed by atoms with Crippen molar-refractivity contribution in [2.45, 2.75) is 0 Å². The minimum Gasteiger partial charge on any atom is -0.328 e. The molecule has 0 atom stereocenters. The van der Waals surface area contributed by atoms with Crippen LogP contribution in [0.3, 0.4) is 0 Å². The second-order valence-electron chi connectivity index (χ2n) is 3.62. The van der Waals surface area contributed by atoms with Gasteiger partial charge in [-0.05, 0) is 12.1 Å². The number of rotatable bonds is 5. The fourth-order valence-corrected chi connectivity index (χ4v) is 1.81. The summed E-state index contributed by atoms with van der Waals surface area (Å²) in [5.41, 5.74) is 3.12. The number of carbonyl (C=O) groups excluding carboxylic acids is 2. The monoisotopic (exact) mass is 240 g/mol. The van der Waals surface area contributed by atoms with Crippen LogP contribution in [0.2, 0.25) is 0 Å². The average molecular weight is 240 g/mol. The maximum atomic E-state index is 10.6. The molecule has 2 rings (SSSR count). The van der Waals surface area contributed by atoms with Crippen molar-refractivity contribution in [3.63, 3.8) is 0 Å². The Morgan fingerprint density at radius 1 is 0.667 bits per heavy atom. The summed E-state index contributed by atoms with van der Waals surface area (Å²) >= 11 is 0. The van der Waals surface area contributed by atoms with Crippen molar-refractivity contribution in [3.8, 4) is 11.1 Å². The molecule has 0 saturated carbocycles. The molecule has 0 unspecified atom stereocenters. The molecule has 4 nitrogen and oxygen atoms in total. The summed E-state index contributed by atoms with van der Waals surface area (Å²) in [7, 11) is 0. The first-order valence-corrected chi connectivity index (χ1v) is 5.45. The molecule has 0 aliphatic carbocycles. The highest BCUT2D eigenvalue weighted by Crippen LogP contribution is 2.32. The third kappa shape index (κ3) is 2.38. The molecular weight excluding hydrogens is 228 g/mol. The number of hydrogen-bond acceptors (Lipinski definition) is 2. The van der Waals surface area contributed by atoms with Gasteiger partial charge in [0.15, 0.2) is 0 Å². The van der Waals surface area contributed by atoms with Gasteiger partial charge in [0.05, 0.1) is 0 Å². The highest BCUT2D eigenvalue weighted by atomic mass is 16.1. The Balaban J connectivity index is 2.54. The second kappa shape index (κ2) is 5.63. The molecule has 18 heavy (non-hydrogen) atoms. The molecule has 0 saturated heterocycles. The van der Waals surface area contributed by atoms with E-state index in [0.29, 0.717) is 24.2 Å². The molecule has 2 amide bonds. The van der Waals surface area contributed by atoms with E-state index >= 15 is 0 Å². The van der Waals surface area contributed by atoms with E-state index in [0.717, 1.165) is 11.1 Å². The van der Waals surface area contributed by atoms with E-state index in [9.17, 15) is 9.59 Å². The molecule has 0 aliphatic rings. The van der Waals surface area contributed by atoms with Crippen LogP contribution in [0.15, 0.2) is 48.5 Å². The van der Waals surface area contributed by atoms with Gasteiger partial charge in [0, 0.05) is 22.5 Å². The summed E-state index contributed by atoms with van der Waals surface area (Å²) in [6, 6.07) is 14.8. The maximum absolute atomic E-state index is 10.6. The summed E-state index contributed by atoms with van der Waals surface area (Å²) in [6.07, 6.45) is 1.27. The summed E-state index contributed by atoms with van der Waals surface area (Å²) in [5.74, 6) is 0. The van der Waals surface area contributed by atoms with Crippen LogP contribution in [0.1, 0.15) is 0 Å². The lowest BCUT2D eigenvalue weighted by molar-refractivity contribution is -0.106. The maximum Gasteiger partial charge on any atom is 0.211 e. The lowest BCUT2D eigenvalue weighted by Crippen LogP contribution is -1.99. The first kappa shape index (κ1) is 11.9. The van der Waals surface area contributed by atoms with Crippen molar-refractivity contribution < 1.29 is 9.59 Å². The van der Waals surface area contributed by atoms with Crippen molar-refractivity contribution >= 4 is 24.2 Å². The van der Waals surface area contributed by atoms with Gasteiger partial charge in [0.25, 0.3) is 0 Å². The van der Waals surface area contributed by atoms with Crippen LogP contribution in [0.25, 0.3) is 11.1 Å². The molecule has 0 fully saturated rings. The molecule has 90 valence electrons. The van der Waals surface area contributed by atoms with Crippen molar-refractivity contribution in [3.05, 3.63) is 48.5 Å². The van der Waals surface area contributed by atoms with Crippen LogP contribution in [0.4, 0.5) is 11.4 Å². The van der Waals surface area contributed by atoms with Gasteiger partial charge in [-0.1, -0.05) is 36.4 Å². The second-order valence-corrected chi connectivity index (χ2v) is 3.62. The molecule has 0 bridgehead atoms. The van der Waals surface area contributed by atoms with E-state index in [-0.39, 0.29) is 0 Å². The molecule has 0 radical (unpaired) electrons. The zero-order valence-corrected chi connectivity index (χ0v) is 9.59. The largest absolute Gasteiger partial charge is 0.328 e. The number of benzene rings is 2. The van der Waals surface area contributed by atoms with Gasteiger partial charge in [-0.15, -0.1) is 0 Å². The van der Waals surface area contributed by atoms with Gasteiger partial charge in [-0.2, -0.15) is 0 Å². The fraction of sp³-hybridized carbons (Fsp3) is 0. The fourth-order valence-electron chi connectivity index (χ4n) is 1.81. The number of para-hydroxylation sites is 2. The van der Waals surface area contributed by atoms with E-state index in [1.165, 1.54) is 0 Å². The lowest BCUT2D eigenvalue weighted by Gasteiger charge is -2.12. The zero-order valence-electron chi connectivity index (χ0n) is 9.59. The Hall–Kier alpha value is -2.62. The summed E-state index contributed by atoms with van der Waals surface area (Å²) < 4.78 is 0. The van der Waals surface area contributed by atoms with Crippen molar-refractivity contribution in [2.75, 3.05) is 10.6 Å². The van der Waals surface area contributed by atoms with Crippen LogP contribution in [0, 0.1) is 0 Å². The zero-order chi connectivity index (χ0) is 12.8. The van der Waals surface area contributed by atoms with Gasteiger partial charge in [0.2, 0.25) is 12.8 Å². The minimum absolute atomic E-state index is 0.634. The van der Waals surface area contributed by atoms with Crippen LogP contribution in [-0.2, 0) is 9.59 Å². The van der Waals surface area contributed by atoms with Gasteiger partial charge in [-0.3, -0.25) is 9.59 Å². The number of carbonyl (C=O) groups is 2. The summed E-state index contributed by atoms with van der Waals surface area (Å²) in [6.45, 7) is 0. The number of amides is 2. The Morgan fingerprint density at radius 2 is 1.06 bits per heavy atom. The average Bonchev–Trinajstić information content (AvgIpc) is 2.41. The highest BCUT2D eigenvalue weighted by Gasteiger charge is 2.07. The lowest BCUT2D eigenvalue weighted by atomic mass is 10.0. The van der Waals surface area contributed by atoms with Gasteiger partial charge in [0.1, 0.15) is 0 Å². The molecule has 4 heteroatoms. The van der Waals surface area contributed by atoms with Gasteiger partial charge >= 0.3 is 0 Å². The predicted molar refractivity (Wildman–Crippen MR) is 71.3 cm³/mol. The van der Waals surface area contributed by atoms with Crippen LogP contribution in [0.5, 0.6) is 0 Å². The molecule has 0 aliphatic heterocycles. The van der Waals surface area contributed by atoms with Gasteiger partial charge < -0.3 is 10.6 Å². The van der Waals surface area contributed by atoms with Crippen molar-refractivity contribution in [2.24, 2.45) is 0 Å². The smallest absolute Gasteiger partial charge is 0.211 e. The summed E-state index contributed by atoms with van der Waals surface area (Å²) in [4.78, 5) is 21.2. The van der Waals surface area contributed by atoms with E-state index in [4.69, 9.17) is 0 Å². The number of nitrogens with one attached hydrogen (secondary N) is 2. The topological polar surface area (TPSA) is 58.2 Å². The molecule has 0 spiro atoms. The highest BCUT2D eigenvalue weighted by molar-refractivity contribution is 5.92. The van der Waals surface area contributed by atoms with Crippen molar-refractivity contribution in [1.29, 1.82) is 0 Å². The van der Waals surface area contributed by atoms with Gasteiger partial charge in [-0.25, -0.2) is 0 Å². The Labute approximate surface area is 105 Å². The van der Waals surface area contributed by atoms with E-state index < -0.39 is 0 Å². The molecule has 2 aromatic rings. The van der Waals surface area contributed by atoms with Crippen LogP contribution >= 0.6 is 0 Å². The minimum atomic E-state index is 0.634. The number of anilines is 2. The van der Waals surface area contributed by atoms with Crippen LogP contribution in [-0.4, -0.2) is 12.8 Å². The normalized spacial score (nSPS) is 9.56. The Morgan fingerprint density at radius 3 is 1.44 bits per heavy atom. The van der Waals surface area contributed by atoms with Crippen LogP contribution < -0.4 is 10.6 Å². The Bertz CT molecular complexity index is 516. The van der Waals surface area contributed by atoms with Crippen molar-refractivity contribution in [1.82, 2.24) is 0 Å². The number of hydrogen-bond donors (Lipinski definition) is 2. The Kier molecular flexibility index (Phi) is 3.71. The first-order chi connectivity index (χ1) is 8.86. The standard InChI is InChI=1S/C14H12N2O2/c17-9-15-13-7-3-1-5-11(13)12-6-2-4-8-14(12)16-10-18/h1-10H,(H,15,17)(H,16,18). The SMILES string of the molecule is O=CNc1ccccc1-c1ccccc1NC=O. The summed E-state index contributed by atoms with van der Waals surface area (Å²) in [5, 5.41) is 5.29. The quantitative estimate of drug-likeness (QED) is 0.789.